The van der Waals surface area contributed by atoms with Gasteiger partial charge in [0.05, 0.1) is 25.2 Å². The summed E-state index contributed by atoms with van der Waals surface area (Å²) in [4.78, 5) is 174. The number of fused-ring (bicyclic) bond motifs is 1. The van der Waals surface area contributed by atoms with Crippen LogP contribution in [0, 0.1) is 11.3 Å². The van der Waals surface area contributed by atoms with E-state index in [1.165, 1.54) is 62.5 Å². The average Bonchev–Trinajstić information content (AvgIpc) is 1.89. The Balaban J connectivity index is 1.22. The van der Waals surface area contributed by atoms with Crippen LogP contribution in [-0.2, 0) is 76.8 Å². The molecule has 31 heteroatoms. The number of H-pyrrole nitrogens is 2. The van der Waals surface area contributed by atoms with Crippen molar-refractivity contribution in [2.24, 2.45) is 17.4 Å². The standard InChI is InChI=1S/C59H81N17O14/c1-31(2)22-41(50(82)69-40(12-8-20-64-58(61)62)56(88)76-21-9-13-46(76)55(87)66-28-47(60)79)74-57(89)59(4,5)75-54(86)42(23-33-14-16-36(17-15-33)90-32(3)78)70-53(85)45(29-77)73-51(83)43(24-34-26-65-38-11-7-6-10-37(34)38)71-52(84)44(25-35-27-63-30-67-35)72-49(81)39-18-19-48(80)68-39/h6-7,10-11,14-17,26-27,30-31,39-46,65,77H,8-9,12-13,18-25,28-29H2,1-5H3,(H2,60,79)(H,63,67)(H,66,87)(H,68,80)(H,69,82)(H,70,85)(H,71,84)(H,72,81)(H,73,83)(H,74,89)(H,75,86)(H4,61,62,64)/t39-,40-,41-,42-,43-,44-,45-,46-/m0/s1. The Hall–Kier alpha value is -9.94. The number of nitrogens with two attached hydrogens (primary N) is 2. The number of imidazole rings is 1. The van der Waals surface area contributed by atoms with Gasteiger partial charge >= 0.3 is 5.97 Å². The molecule has 11 amide bonds. The summed E-state index contributed by atoms with van der Waals surface area (Å²) >= 11 is 0. The van der Waals surface area contributed by atoms with E-state index in [9.17, 15) is 62.6 Å². The Labute approximate surface area is 518 Å². The topological polar surface area (TPSA) is 478 Å². The Kier molecular flexibility index (Phi) is 24.8. The monoisotopic (exact) mass is 1250 g/mol. The molecule has 31 nitrogen and oxygen atoms in total. The van der Waals surface area contributed by atoms with Gasteiger partial charge in [0.15, 0.2) is 5.96 Å². The third-order valence-electron chi connectivity index (χ3n) is 14.9. The third kappa shape index (κ3) is 20.3. The summed E-state index contributed by atoms with van der Waals surface area (Å²) in [6.45, 7) is 6.23. The number of nitrogens with one attached hydrogen (secondary N) is 13. The van der Waals surface area contributed by atoms with Crippen LogP contribution in [-0.4, -0.2) is 182 Å². The zero-order valence-corrected chi connectivity index (χ0v) is 50.8. The molecule has 0 spiro atoms. The minimum Gasteiger partial charge on any atom is -0.427 e. The van der Waals surface area contributed by atoms with Crippen LogP contribution < -0.4 is 69.4 Å². The number of hydrogen-bond donors (Lipinski definition) is 16. The largest absolute Gasteiger partial charge is 0.427 e. The Bertz CT molecular complexity index is 3260. The van der Waals surface area contributed by atoms with Gasteiger partial charge in [-0.3, -0.25) is 62.9 Å². The van der Waals surface area contributed by atoms with Crippen molar-refractivity contribution in [1.29, 1.82) is 5.41 Å². The van der Waals surface area contributed by atoms with Gasteiger partial charge in [-0.2, -0.15) is 0 Å². The summed E-state index contributed by atoms with van der Waals surface area (Å²) in [5.41, 5.74) is 10.8. The molecular formula is C59H81N17O14. The number of likely N-dealkylation sites (tertiary alicyclic amines) is 1. The van der Waals surface area contributed by atoms with Gasteiger partial charge in [0.1, 0.15) is 59.6 Å². The van der Waals surface area contributed by atoms with E-state index < -0.39 is 132 Å². The van der Waals surface area contributed by atoms with E-state index in [0.29, 0.717) is 34.1 Å². The molecule has 0 saturated carbocycles. The molecule has 8 atom stereocenters. The van der Waals surface area contributed by atoms with E-state index in [-0.39, 0.29) is 94.4 Å². The lowest BCUT2D eigenvalue weighted by Crippen LogP contribution is -2.64. The highest BCUT2D eigenvalue weighted by molar-refractivity contribution is 6.00. The van der Waals surface area contributed by atoms with Gasteiger partial charge < -0.3 is 89.3 Å². The maximum Gasteiger partial charge on any atom is 0.308 e. The first-order valence-electron chi connectivity index (χ1n) is 29.5. The van der Waals surface area contributed by atoms with E-state index >= 15 is 0 Å². The van der Waals surface area contributed by atoms with Gasteiger partial charge in [-0.15, -0.1) is 0 Å². The second-order valence-electron chi connectivity index (χ2n) is 23.0. The first-order chi connectivity index (χ1) is 42.7. The number of guanidine groups is 1. The number of amides is 11. The molecule has 0 bridgehead atoms. The summed E-state index contributed by atoms with van der Waals surface area (Å²) < 4.78 is 5.17. The van der Waals surface area contributed by atoms with Crippen LogP contribution >= 0.6 is 0 Å². The minimum atomic E-state index is -1.87. The van der Waals surface area contributed by atoms with Crippen LogP contribution in [0.3, 0.4) is 0 Å². The first-order valence-corrected chi connectivity index (χ1v) is 29.5. The van der Waals surface area contributed by atoms with Crippen LogP contribution in [0.5, 0.6) is 5.75 Å². The van der Waals surface area contributed by atoms with E-state index in [1.54, 1.807) is 44.3 Å². The van der Waals surface area contributed by atoms with Gasteiger partial charge in [-0.25, -0.2) is 4.98 Å². The van der Waals surface area contributed by atoms with Gasteiger partial charge in [-0.1, -0.05) is 44.2 Å². The summed E-state index contributed by atoms with van der Waals surface area (Å²) in [6, 6.07) is 2.34. The fraction of sp³-hybridized carbons (Fsp3) is 0.492. The third-order valence-corrected chi connectivity index (χ3v) is 14.9. The lowest BCUT2D eigenvalue weighted by molar-refractivity contribution is -0.142. The summed E-state index contributed by atoms with van der Waals surface area (Å²) in [5.74, 6) is -9.56. The quantitative estimate of drug-likeness (QED) is 0.00754. The fourth-order valence-corrected chi connectivity index (χ4v) is 10.3. The van der Waals surface area contributed by atoms with Crippen molar-refractivity contribution in [2.75, 3.05) is 26.2 Å². The second kappa shape index (κ2) is 32.3. The van der Waals surface area contributed by atoms with Gasteiger partial charge in [0.2, 0.25) is 65.0 Å². The molecule has 2 fully saturated rings. The number of esters is 1. The molecule has 4 heterocycles. The van der Waals surface area contributed by atoms with Crippen LogP contribution in [0.2, 0.25) is 0 Å². The average molecular weight is 1250 g/mol. The van der Waals surface area contributed by atoms with E-state index in [2.05, 4.69) is 68.1 Å². The number of primary amides is 1. The van der Waals surface area contributed by atoms with Crippen LogP contribution in [0.1, 0.15) is 96.4 Å². The summed E-state index contributed by atoms with van der Waals surface area (Å²) in [7, 11) is 0. The Morgan fingerprint density at radius 1 is 0.767 bits per heavy atom. The van der Waals surface area contributed by atoms with E-state index in [0.717, 1.165) is 0 Å². The number of aliphatic hydroxyl groups is 1. The molecule has 90 heavy (non-hydrogen) atoms. The molecule has 2 aromatic heterocycles. The predicted molar refractivity (Wildman–Crippen MR) is 323 cm³/mol. The van der Waals surface area contributed by atoms with Crippen molar-refractivity contribution in [1.82, 2.24) is 73.0 Å². The Morgan fingerprint density at radius 2 is 1.41 bits per heavy atom. The highest BCUT2D eigenvalue weighted by atomic mass is 16.5. The zero-order valence-electron chi connectivity index (χ0n) is 50.8. The smallest absolute Gasteiger partial charge is 0.308 e. The van der Waals surface area contributed by atoms with Gasteiger partial charge in [0, 0.05) is 69.0 Å². The Morgan fingerprint density at radius 3 is 2.03 bits per heavy atom. The number of aromatic amines is 2. The number of ether oxygens (including phenoxy) is 1. The van der Waals surface area contributed by atoms with Crippen LogP contribution in [0.25, 0.3) is 10.9 Å². The van der Waals surface area contributed by atoms with Crippen LogP contribution in [0.15, 0.2) is 67.3 Å². The number of para-hydroxylation sites is 1. The van der Waals surface area contributed by atoms with Crippen molar-refractivity contribution in [3.63, 3.8) is 0 Å². The highest BCUT2D eigenvalue weighted by Crippen LogP contribution is 2.23. The van der Waals surface area contributed by atoms with Gasteiger partial charge in [-0.05, 0) is 87.6 Å². The number of nitrogens with zero attached hydrogens (tertiary/aromatic N) is 2. The molecule has 0 unspecified atom stereocenters. The fourth-order valence-electron chi connectivity index (χ4n) is 10.3. The zero-order chi connectivity index (χ0) is 65.8. The number of benzene rings is 2. The number of hydrogen-bond acceptors (Lipinski definition) is 16. The maximum absolute atomic E-state index is 14.6. The molecule has 2 aromatic carbocycles. The molecule has 486 valence electrons. The number of rotatable bonds is 32. The molecule has 0 aliphatic carbocycles. The van der Waals surface area contributed by atoms with E-state index in [1.807, 2.05) is 0 Å². The summed E-state index contributed by atoms with van der Waals surface area (Å²) in [6.07, 6.45) is 5.11. The predicted octanol–water partition coefficient (Wildman–Crippen LogP) is -3.18. The molecule has 6 rings (SSSR count). The molecule has 0 radical (unpaired) electrons. The molecule has 2 aliphatic heterocycles. The van der Waals surface area contributed by atoms with Crippen molar-refractivity contribution in [2.45, 2.75) is 153 Å². The molecule has 4 aromatic rings. The SMILES string of the molecule is CC(=O)Oc1ccc(C[C@H](NC(=O)[C@H](CO)NC(=O)[C@H](Cc2c[nH]c3ccccc23)NC(=O)[C@H](Cc2c[nH]cn2)NC(=O)[C@@H]2CCC(=O)N2)C(=O)NC(C)(C)C(=O)N[C@@H](CC(C)C)C(=O)N[C@@H](CCCNC(=N)N)C(=O)N2CCC[C@H]2C(=O)NCC(N)=O)cc1. The van der Waals surface area contributed by atoms with Gasteiger partial charge in [0.25, 0.3) is 0 Å². The highest BCUT2D eigenvalue weighted by Gasteiger charge is 2.41. The van der Waals surface area contributed by atoms with Crippen LogP contribution in [0.4, 0.5) is 0 Å². The van der Waals surface area contributed by atoms with Crippen molar-refractivity contribution in [3.8, 4) is 5.75 Å². The van der Waals surface area contributed by atoms with Crippen molar-refractivity contribution in [3.05, 3.63) is 84.1 Å². The summed E-state index contributed by atoms with van der Waals surface area (Å²) in [5, 5.41) is 45.2. The molecule has 18 N–H and O–H groups in total. The number of carbonyl (C=O) groups excluding carboxylic acids is 12. The molecular weight excluding hydrogens is 1170 g/mol. The number of aliphatic hydroxyl groups excluding tert-OH is 1. The number of aromatic nitrogens is 3. The van der Waals surface area contributed by atoms with Crippen molar-refractivity contribution < 1.29 is 67.4 Å². The molecule has 2 saturated heterocycles. The second-order valence-corrected chi connectivity index (χ2v) is 23.0. The first kappa shape index (κ1) is 69.2. The normalized spacial score (nSPS) is 16.6. The lowest BCUT2D eigenvalue weighted by Gasteiger charge is -2.32. The molecule has 2 aliphatic rings. The minimum absolute atomic E-state index is 0.00204. The van der Waals surface area contributed by atoms with Crippen molar-refractivity contribution >= 4 is 87.8 Å². The van der Waals surface area contributed by atoms with E-state index in [4.69, 9.17) is 21.6 Å². The maximum atomic E-state index is 14.6. The lowest BCUT2D eigenvalue weighted by atomic mass is 9.98. The number of carbonyl (C=O) groups is 12.